The third-order valence-electron chi connectivity index (χ3n) is 0. The van der Waals surface area contributed by atoms with Crippen molar-refractivity contribution in [1.29, 1.82) is 0 Å². The average Bonchev–Trinajstić information content (AvgIpc) is 0. The predicted molar refractivity (Wildman–Crippen MR) is 11.3 cm³/mol. The Bertz CT molecular complexity index is 8.00. The Morgan fingerprint density at radius 3 is 1.00 bits per heavy atom. The van der Waals surface area contributed by atoms with Gasteiger partial charge in [-0.25, -0.2) is 0 Å². The van der Waals surface area contributed by atoms with Gasteiger partial charge in [0.05, 0.1) is 0 Å². The molecule has 0 saturated carbocycles. The van der Waals surface area contributed by atoms with Crippen LogP contribution in [0.25, 0.3) is 0 Å². The van der Waals surface area contributed by atoms with Crippen LogP contribution in [0.1, 0.15) is 0 Å². The molecule has 4 heteroatoms. The first-order valence-corrected chi connectivity index (χ1v) is 0. The van der Waals surface area contributed by atoms with E-state index in [1.54, 1.807) is 0 Å². The van der Waals surface area contributed by atoms with Gasteiger partial charge in [-0.05, 0) is 11.0 Å². The van der Waals surface area contributed by atoms with Crippen molar-refractivity contribution in [2.45, 2.75) is 0 Å². The number of hydrogen-bond donors (Lipinski definition) is 0. The molecule has 2 radical (unpaired) electrons. The van der Waals surface area contributed by atoms with Crippen LogP contribution in [-0.2, 0) is 50.3 Å². The average molecular weight is 213 g/mol. The summed E-state index contributed by atoms with van der Waals surface area (Å²) in [5.74, 6) is 0. The van der Waals surface area contributed by atoms with Crippen LogP contribution in [0.15, 0.2) is 0 Å². The molecule has 0 aliphatic heterocycles. The van der Waals surface area contributed by atoms with Crippen LogP contribution >= 0.6 is 0 Å². The zero-order valence-electron chi connectivity index (χ0n) is 0.951. The minimum absolute atomic E-state index is 0. The van der Waals surface area contributed by atoms with Gasteiger partial charge in [-0.15, -0.1) is 0 Å². The molecule has 0 aliphatic carbocycles. The summed E-state index contributed by atoms with van der Waals surface area (Å²) >= 11 is 0. The van der Waals surface area contributed by atoms with E-state index in [-0.39, 0.29) is 61.3 Å². The molecule has 0 aromatic carbocycles. The second kappa shape index (κ2) is 21.9. The van der Waals surface area contributed by atoms with Crippen molar-refractivity contribution >= 4 is 11.0 Å². The summed E-state index contributed by atoms with van der Waals surface area (Å²) < 4.78 is 0. The van der Waals surface area contributed by atoms with Crippen LogP contribution in [0.5, 0.6) is 0 Å². The first-order valence-electron chi connectivity index (χ1n) is 0. The number of rotatable bonds is 0. The molecule has 0 fully saturated rings. The van der Waals surface area contributed by atoms with E-state index in [0.717, 1.165) is 0 Å². The van der Waals surface area contributed by atoms with Gasteiger partial charge < -0.3 is 0 Å². The molecule has 0 spiro atoms. The Morgan fingerprint density at radius 1 is 1.00 bits per heavy atom. The maximum absolute atomic E-state index is 0. The van der Waals surface area contributed by atoms with Crippen LogP contribution in [0.4, 0.5) is 0 Å². The monoisotopic (exact) mass is 212 g/mol. The second-order valence-electron chi connectivity index (χ2n) is 0. The van der Waals surface area contributed by atoms with Crippen molar-refractivity contribution in [3.63, 3.8) is 0 Å². The fourth-order valence-corrected chi connectivity index (χ4v) is 0. The van der Waals surface area contributed by atoms with E-state index in [4.69, 9.17) is 0 Å². The Balaban J connectivity index is 0. The Morgan fingerprint density at radius 2 is 1.00 bits per heavy atom. The molecule has 4 heavy (non-hydrogen) atoms. The Labute approximate surface area is 61.1 Å². The normalized spacial score (nSPS) is 0. The first-order chi connectivity index (χ1) is 0. The standard InChI is InChI=1S/Co.Cu.Ni.H4Si/h;;;1H4. The zero-order chi connectivity index (χ0) is 0. The van der Waals surface area contributed by atoms with E-state index in [2.05, 4.69) is 0 Å². The minimum Gasteiger partial charge on any atom is -0.0149 e. The zero-order valence-corrected chi connectivity index (χ0v) is 3.92. The summed E-state index contributed by atoms with van der Waals surface area (Å²) in [6, 6.07) is 0. The number of hydrogen-bond acceptors (Lipinski definition) is 0. The molecule has 0 atom stereocenters. The predicted octanol–water partition coefficient (Wildman–Crippen LogP) is -1.46. The Hall–Kier alpha value is 1.74. The van der Waals surface area contributed by atoms with Crippen LogP contribution < -0.4 is 0 Å². The van der Waals surface area contributed by atoms with Gasteiger partial charge in [-0.3, -0.25) is 0 Å². The fraction of sp³-hybridized carbons (Fsp3) is 0. The summed E-state index contributed by atoms with van der Waals surface area (Å²) in [7, 11) is 0. The summed E-state index contributed by atoms with van der Waals surface area (Å²) in [6.45, 7) is 0. The van der Waals surface area contributed by atoms with Crippen molar-refractivity contribution < 1.29 is 50.3 Å². The Kier molecular flexibility index (Phi) is 234. The van der Waals surface area contributed by atoms with E-state index in [1.807, 2.05) is 0 Å². The molecular formula is H4CoCuNiSi. The first kappa shape index (κ1) is 42.7. The molecule has 0 amide bonds. The van der Waals surface area contributed by atoms with Gasteiger partial charge in [0.15, 0.2) is 0 Å². The van der Waals surface area contributed by atoms with Gasteiger partial charge in [0.25, 0.3) is 0 Å². The van der Waals surface area contributed by atoms with Crippen molar-refractivity contribution in [2.75, 3.05) is 0 Å². The smallest absolute Gasteiger partial charge is 0 e. The van der Waals surface area contributed by atoms with Crippen molar-refractivity contribution in [1.82, 2.24) is 0 Å². The molecule has 0 nitrogen and oxygen atoms in total. The van der Waals surface area contributed by atoms with Gasteiger partial charge >= 0.3 is 0 Å². The fourth-order valence-electron chi connectivity index (χ4n) is 0. The second-order valence-corrected chi connectivity index (χ2v) is 0. The topological polar surface area (TPSA) is 0 Å². The molecule has 0 aromatic heterocycles. The SMILES string of the molecule is [Co].[Cu].[Ni].[SiH4]. The third-order valence-corrected chi connectivity index (χ3v) is 0. The molecule has 38 valence electrons. The van der Waals surface area contributed by atoms with Crippen LogP contribution in [0, 0.1) is 0 Å². The van der Waals surface area contributed by atoms with Crippen molar-refractivity contribution in [2.24, 2.45) is 0 Å². The van der Waals surface area contributed by atoms with Gasteiger partial charge in [-0.2, -0.15) is 0 Å². The van der Waals surface area contributed by atoms with Crippen LogP contribution in [-0.4, -0.2) is 11.0 Å². The van der Waals surface area contributed by atoms with Gasteiger partial charge in [0.2, 0.25) is 0 Å². The van der Waals surface area contributed by atoms with Crippen molar-refractivity contribution in [3.05, 3.63) is 0 Å². The molecule has 0 rings (SSSR count). The maximum atomic E-state index is 0. The maximum Gasteiger partial charge on any atom is 0 e. The molecule has 0 aromatic rings. The summed E-state index contributed by atoms with van der Waals surface area (Å²) in [5, 5.41) is 0. The van der Waals surface area contributed by atoms with Crippen LogP contribution in [0.2, 0.25) is 0 Å². The van der Waals surface area contributed by atoms with E-state index in [0.29, 0.717) is 0 Å². The van der Waals surface area contributed by atoms with E-state index >= 15 is 0 Å². The molecule has 0 aliphatic rings. The van der Waals surface area contributed by atoms with Crippen molar-refractivity contribution in [3.8, 4) is 0 Å². The van der Waals surface area contributed by atoms with Crippen LogP contribution in [0.3, 0.4) is 0 Å². The largest absolute Gasteiger partial charge is 0.0149 e. The van der Waals surface area contributed by atoms with Gasteiger partial charge in [-0.1, -0.05) is 0 Å². The summed E-state index contributed by atoms with van der Waals surface area (Å²) in [5.41, 5.74) is 0. The summed E-state index contributed by atoms with van der Waals surface area (Å²) in [6.07, 6.45) is 0. The summed E-state index contributed by atoms with van der Waals surface area (Å²) in [4.78, 5) is 0. The molecule has 0 bridgehead atoms. The third kappa shape index (κ3) is 9.28. The quantitative estimate of drug-likeness (QED) is 0.432. The minimum atomic E-state index is 0. The molecular weight excluding hydrogens is 209 g/mol. The molecule has 0 saturated heterocycles. The van der Waals surface area contributed by atoms with Gasteiger partial charge in [0, 0.05) is 50.3 Å². The van der Waals surface area contributed by atoms with Gasteiger partial charge in [0.1, 0.15) is 0 Å². The molecule has 0 heterocycles. The molecule has 0 N–H and O–H groups in total. The van der Waals surface area contributed by atoms with E-state index in [9.17, 15) is 0 Å². The molecule has 0 unspecified atom stereocenters. The van der Waals surface area contributed by atoms with E-state index in [1.165, 1.54) is 0 Å². The van der Waals surface area contributed by atoms with E-state index < -0.39 is 0 Å².